The summed E-state index contributed by atoms with van der Waals surface area (Å²) in [6.45, 7) is 2.44. The van der Waals surface area contributed by atoms with Crippen LogP contribution in [0.5, 0.6) is 0 Å². The van der Waals surface area contributed by atoms with Crippen molar-refractivity contribution in [3.8, 4) is 22.0 Å². The minimum atomic E-state index is -0.212. The van der Waals surface area contributed by atoms with Crippen molar-refractivity contribution in [3.63, 3.8) is 0 Å². The summed E-state index contributed by atoms with van der Waals surface area (Å²) in [5.74, 6) is 1.12. The van der Waals surface area contributed by atoms with Gasteiger partial charge in [0, 0.05) is 17.4 Å². The number of anilines is 1. The molecule has 32 heavy (non-hydrogen) atoms. The summed E-state index contributed by atoms with van der Waals surface area (Å²) < 4.78 is 1.81. The molecule has 2 aromatic carbocycles. The third kappa shape index (κ3) is 4.21. The Bertz CT molecular complexity index is 1350. The maximum atomic E-state index is 13.3. The molecule has 1 amide bonds. The quantitative estimate of drug-likeness (QED) is 0.389. The molecule has 0 aliphatic carbocycles. The molecule has 0 aliphatic heterocycles. The average Bonchev–Trinajstić information content (AvgIpc) is 3.55. The molecule has 0 bridgehead atoms. The number of aromatic amines is 1. The number of carbonyl (C=O) groups excluding carboxylic acids is 1. The smallest absolute Gasteiger partial charge is 0.259 e. The van der Waals surface area contributed by atoms with Crippen LogP contribution in [0, 0.1) is 6.92 Å². The third-order valence-corrected chi connectivity index (χ3v) is 5.80. The van der Waals surface area contributed by atoms with Crippen LogP contribution in [0.15, 0.2) is 78.3 Å². The molecule has 5 aromatic rings. The van der Waals surface area contributed by atoms with Crippen molar-refractivity contribution >= 4 is 22.9 Å². The van der Waals surface area contributed by atoms with E-state index in [-0.39, 0.29) is 5.91 Å². The number of hydrogen-bond donors (Lipinski definition) is 2. The Labute approximate surface area is 188 Å². The highest BCUT2D eigenvalue weighted by molar-refractivity contribution is 7.13. The van der Waals surface area contributed by atoms with Crippen LogP contribution in [0.2, 0.25) is 0 Å². The Hall–Kier alpha value is -4.04. The van der Waals surface area contributed by atoms with Crippen molar-refractivity contribution in [2.45, 2.75) is 13.5 Å². The van der Waals surface area contributed by atoms with Crippen molar-refractivity contribution < 1.29 is 4.79 Å². The van der Waals surface area contributed by atoms with E-state index in [9.17, 15) is 4.79 Å². The molecular formula is C24H20N6OS. The van der Waals surface area contributed by atoms with E-state index in [1.807, 2.05) is 83.7 Å². The molecule has 0 unspecified atom stereocenters. The number of aryl methyl sites for hydroxylation is 1. The molecule has 7 nitrogen and oxygen atoms in total. The maximum Gasteiger partial charge on any atom is 0.259 e. The van der Waals surface area contributed by atoms with E-state index in [1.54, 1.807) is 17.5 Å². The minimum Gasteiger partial charge on any atom is -0.322 e. The van der Waals surface area contributed by atoms with Gasteiger partial charge in [-0.25, -0.2) is 4.98 Å². The number of aromatic nitrogens is 5. The van der Waals surface area contributed by atoms with Crippen LogP contribution in [0.3, 0.4) is 0 Å². The zero-order valence-electron chi connectivity index (χ0n) is 17.3. The van der Waals surface area contributed by atoms with Gasteiger partial charge in [-0.1, -0.05) is 48.5 Å². The Kier molecular flexibility index (Phi) is 5.35. The zero-order chi connectivity index (χ0) is 21.9. The molecule has 0 fully saturated rings. The van der Waals surface area contributed by atoms with E-state index in [0.29, 0.717) is 29.3 Å². The van der Waals surface area contributed by atoms with E-state index in [4.69, 9.17) is 5.10 Å². The fourth-order valence-electron chi connectivity index (χ4n) is 3.44. The van der Waals surface area contributed by atoms with Crippen LogP contribution in [-0.4, -0.2) is 30.9 Å². The van der Waals surface area contributed by atoms with Gasteiger partial charge >= 0.3 is 0 Å². The number of carbonyl (C=O) groups is 1. The summed E-state index contributed by atoms with van der Waals surface area (Å²) in [6, 6.07) is 21.5. The van der Waals surface area contributed by atoms with Gasteiger partial charge in [0.25, 0.3) is 5.91 Å². The van der Waals surface area contributed by atoms with Gasteiger partial charge < -0.3 is 5.32 Å². The molecule has 0 spiro atoms. The lowest BCUT2D eigenvalue weighted by molar-refractivity contribution is 0.102. The van der Waals surface area contributed by atoms with Gasteiger partial charge in [-0.2, -0.15) is 10.2 Å². The summed E-state index contributed by atoms with van der Waals surface area (Å²) in [4.78, 5) is 18.6. The number of nitrogens with zero attached hydrogens (tertiary/aromatic N) is 4. The van der Waals surface area contributed by atoms with Gasteiger partial charge in [0.15, 0.2) is 5.82 Å². The summed E-state index contributed by atoms with van der Waals surface area (Å²) in [6.07, 6.45) is 1.81. The fourth-order valence-corrected chi connectivity index (χ4v) is 4.16. The normalized spacial score (nSPS) is 10.9. The van der Waals surface area contributed by atoms with Crippen LogP contribution >= 0.6 is 11.3 Å². The monoisotopic (exact) mass is 440 g/mol. The van der Waals surface area contributed by atoms with Crippen molar-refractivity contribution in [1.82, 2.24) is 25.0 Å². The Morgan fingerprint density at radius 3 is 2.72 bits per heavy atom. The zero-order valence-corrected chi connectivity index (χ0v) is 18.1. The SMILES string of the molecule is Cc1nc(-c2cccc(NC(=O)c3cn(Cc4ccccc4)nc3-c3cccs3)c2)n[nH]1. The largest absolute Gasteiger partial charge is 0.322 e. The second-order valence-electron chi connectivity index (χ2n) is 7.33. The number of hydrogen-bond acceptors (Lipinski definition) is 5. The number of rotatable bonds is 6. The second-order valence-corrected chi connectivity index (χ2v) is 8.28. The summed E-state index contributed by atoms with van der Waals surface area (Å²) in [5, 5.41) is 16.7. The molecule has 2 N–H and O–H groups in total. The molecular weight excluding hydrogens is 420 g/mol. The molecule has 0 saturated carbocycles. The van der Waals surface area contributed by atoms with E-state index in [2.05, 4.69) is 20.5 Å². The first kappa shape index (κ1) is 19.9. The van der Waals surface area contributed by atoms with Crippen LogP contribution in [0.1, 0.15) is 21.7 Å². The molecule has 158 valence electrons. The lowest BCUT2D eigenvalue weighted by atomic mass is 10.1. The molecule has 5 rings (SSSR count). The molecule has 0 atom stereocenters. The first-order valence-electron chi connectivity index (χ1n) is 10.1. The lowest BCUT2D eigenvalue weighted by Gasteiger charge is -2.06. The number of H-pyrrole nitrogens is 1. The molecule has 0 aliphatic rings. The van der Waals surface area contributed by atoms with Crippen LogP contribution < -0.4 is 5.32 Å². The van der Waals surface area contributed by atoms with Crippen molar-refractivity contribution in [2.75, 3.05) is 5.32 Å². The molecule has 8 heteroatoms. The summed E-state index contributed by atoms with van der Waals surface area (Å²) in [7, 11) is 0. The van der Waals surface area contributed by atoms with Crippen molar-refractivity contribution in [3.05, 3.63) is 95.3 Å². The van der Waals surface area contributed by atoms with E-state index in [0.717, 1.165) is 21.8 Å². The third-order valence-electron chi connectivity index (χ3n) is 4.92. The number of amides is 1. The number of thiophene rings is 1. The highest BCUT2D eigenvalue weighted by Crippen LogP contribution is 2.28. The topological polar surface area (TPSA) is 88.5 Å². The van der Waals surface area contributed by atoms with Crippen LogP contribution in [0.25, 0.3) is 22.0 Å². The Balaban J connectivity index is 1.44. The van der Waals surface area contributed by atoms with Crippen molar-refractivity contribution in [2.24, 2.45) is 0 Å². The van der Waals surface area contributed by atoms with Gasteiger partial charge in [0.2, 0.25) is 0 Å². The summed E-state index contributed by atoms with van der Waals surface area (Å²) >= 11 is 1.56. The van der Waals surface area contributed by atoms with Crippen molar-refractivity contribution in [1.29, 1.82) is 0 Å². The van der Waals surface area contributed by atoms with E-state index < -0.39 is 0 Å². The first-order chi connectivity index (χ1) is 15.7. The minimum absolute atomic E-state index is 0.212. The van der Waals surface area contributed by atoms with E-state index >= 15 is 0 Å². The maximum absolute atomic E-state index is 13.3. The summed E-state index contributed by atoms with van der Waals surface area (Å²) in [5.41, 5.74) is 3.82. The van der Waals surface area contributed by atoms with Gasteiger partial charge in [0.1, 0.15) is 11.5 Å². The Morgan fingerprint density at radius 1 is 1.09 bits per heavy atom. The average molecular weight is 441 g/mol. The van der Waals surface area contributed by atoms with Gasteiger partial charge in [-0.05, 0) is 36.1 Å². The second kappa shape index (κ2) is 8.60. The molecule has 3 aromatic heterocycles. The highest BCUT2D eigenvalue weighted by atomic mass is 32.1. The van der Waals surface area contributed by atoms with Gasteiger partial charge in [0.05, 0.1) is 17.0 Å². The van der Waals surface area contributed by atoms with Gasteiger partial charge in [-0.15, -0.1) is 11.3 Å². The number of nitrogens with one attached hydrogen (secondary N) is 2. The first-order valence-corrected chi connectivity index (χ1v) is 11.0. The highest BCUT2D eigenvalue weighted by Gasteiger charge is 2.19. The molecule has 0 radical (unpaired) electrons. The fraction of sp³-hybridized carbons (Fsp3) is 0.0833. The number of benzene rings is 2. The predicted octanol–water partition coefficient (Wildman–Crippen LogP) is 5.01. The molecule has 0 saturated heterocycles. The molecule has 3 heterocycles. The Morgan fingerprint density at radius 2 is 1.97 bits per heavy atom. The van der Waals surface area contributed by atoms with E-state index in [1.165, 1.54) is 0 Å². The van der Waals surface area contributed by atoms with Crippen LogP contribution in [-0.2, 0) is 6.54 Å². The van der Waals surface area contributed by atoms with Gasteiger partial charge in [-0.3, -0.25) is 14.6 Å². The standard InChI is InChI=1S/C24H20N6OS/c1-16-25-23(28-27-16)18-9-5-10-19(13-18)26-24(31)20-15-30(14-17-7-3-2-4-8-17)29-22(20)21-11-6-12-32-21/h2-13,15H,14H2,1H3,(H,26,31)(H,25,27,28). The predicted molar refractivity (Wildman–Crippen MR) is 126 cm³/mol. The van der Waals surface area contributed by atoms with Crippen LogP contribution in [0.4, 0.5) is 5.69 Å². The lowest BCUT2D eigenvalue weighted by Crippen LogP contribution is -2.12.